The van der Waals surface area contributed by atoms with E-state index in [9.17, 15) is 8.42 Å². The number of fused-ring (bicyclic) bond motifs is 1. The molecule has 0 aliphatic carbocycles. The van der Waals surface area contributed by atoms with Crippen molar-refractivity contribution in [3.8, 4) is 0 Å². The molecule has 0 saturated carbocycles. The largest absolute Gasteiger partial charge is 0.358 e. The van der Waals surface area contributed by atoms with Crippen molar-refractivity contribution in [1.82, 2.24) is 4.98 Å². The molecule has 0 bridgehead atoms. The number of H-pyrrole nitrogens is 1. The minimum atomic E-state index is -3.51. The molecule has 0 atom stereocenters. The van der Waals surface area contributed by atoms with E-state index in [2.05, 4.69) is 4.98 Å². The normalized spacial score (nSPS) is 12.7. The fourth-order valence-electron chi connectivity index (χ4n) is 3.20. The predicted octanol–water partition coefficient (Wildman–Crippen LogP) is 4.49. The van der Waals surface area contributed by atoms with Crippen LogP contribution in [0.1, 0.15) is 30.7 Å². The minimum absolute atomic E-state index is 0.359. The number of para-hydroxylation sites is 1. The van der Waals surface area contributed by atoms with E-state index in [4.69, 9.17) is 0 Å². The van der Waals surface area contributed by atoms with Gasteiger partial charge >= 0.3 is 0 Å². The van der Waals surface area contributed by atoms with Gasteiger partial charge < -0.3 is 4.98 Å². The van der Waals surface area contributed by atoms with E-state index in [1.54, 1.807) is 26.0 Å². The van der Waals surface area contributed by atoms with E-state index in [1.165, 1.54) is 0 Å². The number of nitrogens with one attached hydrogen (secondary N) is 1. The van der Waals surface area contributed by atoms with Crippen molar-refractivity contribution >= 4 is 20.7 Å². The Morgan fingerprint density at radius 1 is 0.913 bits per heavy atom. The molecule has 0 aliphatic rings. The highest BCUT2D eigenvalue weighted by molar-refractivity contribution is 7.92. The molecule has 0 spiro atoms. The Labute approximate surface area is 137 Å². The molecule has 1 heterocycles. The first-order valence-electron chi connectivity index (χ1n) is 7.64. The van der Waals surface area contributed by atoms with Crippen LogP contribution >= 0.6 is 0 Å². The molecule has 4 heteroatoms. The van der Waals surface area contributed by atoms with Crippen LogP contribution in [0.4, 0.5) is 0 Å². The quantitative estimate of drug-likeness (QED) is 0.770. The smallest absolute Gasteiger partial charge is 0.187 e. The standard InChI is InChI=1S/C19H21NO2S/c1-13-9-11-15(12-10-13)23(21,22)19(3,4)18-14(2)20-17-8-6-5-7-16(17)18/h5-12,20H,1-4H3. The Balaban J connectivity index is 2.24. The highest BCUT2D eigenvalue weighted by Crippen LogP contribution is 2.40. The topological polar surface area (TPSA) is 49.9 Å². The molecule has 0 saturated heterocycles. The SMILES string of the molecule is Cc1ccc(S(=O)(=O)C(C)(C)c2c(C)[nH]c3ccccc23)cc1. The van der Waals surface area contributed by atoms with Gasteiger partial charge in [0.2, 0.25) is 0 Å². The van der Waals surface area contributed by atoms with Crippen molar-refractivity contribution in [2.24, 2.45) is 0 Å². The molecular formula is C19H21NO2S. The summed E-state index contributed by atoms with van der Waals surface area (Å²) < 4.78 is 25.5. The number of aryl methyl sites for hydroxylation is 2. The number of hydrogen-bond donors (Lipinski definition) is 1. The van der Waals surface area contributed by atoms with Crippen LogP contribution in [-0.4, -0.2) is 13.4 Å². The van der Waals surface area contributed by atoms with Crippen molar-refractivity contribution in [1.29, 1.82) is 0 Å². The molecule has 2 aromatic carbocycles. The molecule has 0 aliphatic heterocycles. The molecule has 23 heavy (non-hydrogen) atoms. The van der Waals surface area contributed by atoms with Crippen molar-refractivity contribution in [3.05, 3.63) is 65.4 Å². The first kappa shape index (κ1) is 15.8. The highest BCUT2D eigenvalue weighted by Gasteiger charge is 2.40. The average Bonchev–Trinajstić information content (AvgIpc) is 2.83. The lowest BCUT2D eigenvalue weighted by Gasteiger charge is -2.26. The van der Waals surface area contributed by atoms with Gasteiger partial charge in [-0.1, -0.05) is 35.9 Å². The van der Waals surface area contributed by atoms with Crippen LogP contribution in [-0.2, 0) is 14.6 Å². The summed E-state index contributed by atoms with van der Waals surface area (Å²) in [7, 11) is -3.51. The van der Waals surface area contributed by atoms with Gasteiger partial charge in [-0.2, -0.15) is 0 Å². The Morgan fingerprint density at radius 2 is 1.52 bits per heavy atom. The maximum Gasteiger partial charge on any atom is 0.187 e. The van der Waals surface area contributed by atoms with Crippen molar-refractivity contribution in [2.75, 3.05) is 0 Å². The van der Waals surface area contributed by atoms with Gasteiger partial charge in [-0.05, 0) is 45.9 Å². The number of sulfone groups is 1. The first-order chi connectivity index (χ1) is 10.7. The summed E-state index contributed by atoms with van der Waals surface area (Å²) >= 11 is 0. The Hall–Kier alpha value is -2.07. The summed E-state index contributed by atoms with van der Waals surface area (Å²) in [6, 6.07) is 14.9. The fourth-order valence-corrected chi connectivity index (χ4v) is 4.81. The summed E-state index contributed by atoms with van der Waals surface area (Å²) in [6.07, 6.45) is 0. The van der Waals surface area contributed by atoms with E-state index in [1.807, 2.05) is 50.2 Å². The van der Waals surface area contributed by atoms with Crippen LogP contribution in [0, 0.1) is 13.8 Å². The summed E-state index contributed by atoms with van der Waals surface area (Å²) in [5, 5.41) is 0.964. The number of aromatic nitrogens is 1. The van der Waals surface area contributed by atoms with Gasteiger partial charge in [0.15, 0.2) is 9.84 Å². The average molecular weight is 327 g/mol. The molecule has 3 rings (SSSR count). The molecule has 3 nitrogen and oxygen atoms in total. The molecule has 1 aromatic heterocycles. The summed E-state index contributed by atoms with van der Waals surface area (Å²) in [4.78, 5) is 3.66. The lowest BCUT2D eigenvalue weighted by atomic mass is 9.99. The van der Waals surface area contributed by atoms with E-state index >= 15 is 0 Å². The lowest BCUT2D eigenvalue weighted by molar-refractivity contribution is 0.555. The second-order valence-corrected chi connectivity index (χ2v) is 9.00. The lowest BCUT2D eigenvalue weighted by Crippen LogP contribution is -2.30. The number of rotatable bonds is 3. The van der Waals surface area contributed by atoms with Gasteiger partial charge in [0.05, 0.1) is 9.64 Å². The van der Waals surface area contributed by atoms with Gasteiger partial charge in [-0.15, -0.1) is 0 Å². The molecule has 120 valence electrons. The number of hydrogen-bond acceptors (Lipinski definition) is 2. The van der Waals surface area contributed by atoms with Crippen molar-refractivity contribution < 1.29 is 8.42 Å². The Morgan fingerprint density at radius 3 is 2.17 bits per heavy atom. The van der Waals surface area contributed by atoms with Crippen LogP contribution in [0.2, 0.25) is 0 Å². The fraction of sp³-hybridized carbons (Fsp3) is 0.263. The third-order valence-corrected chi connectivity index (χ3v) is 6.94. The van der Waals surface area contributed by atoms with Crippen molar-refractivity contribution in [3.63, 3.8) is 0 Å². The van der Waals surface area contributed by atoms with Crippen LogP contribution in [0.25, 0.3) is 10.9 Å². The maximum atomic E-state index is 13.2. The van der Waals surface area contributed by atoms with Crippen LogP contribution < -0.4 is 0 Å². The van der Waals surface area contributed by atoms with Crippen LogP contribution in [0.5, 0.6) is 0 Å². The molecule has 0 fully saturated rings. The first-order valence-corrected chi connectivity index (χ1v) is 9.12. The summed E-state index contributed by atoms with van der Waals surface area (Å²) in [5.74, 6) is 0. The van der Waals surface area contributed by atoms with Gasteiger partial charge in [0.25, 0.3) is 0 Å². The second kappa shape index (κ2) is 5.24. The molecule has 0 unspecified atom stereocenters. The summed E-state index contributed by atoms with van der Waals surface area (Å²) in [6.45, 7) is 7.45. The predicted molar refractivity (Wildman–Crippen MR) is 94.4 cm³/mol. The zero-order valence-corrected chi connectivity index (χ0v) is 14.7. The van der Waals surface area contributed by atoms with Gasteiger partial charge in [-0.3, -0.25) is 0 Å². The Bertz CT molecular complexity index is 964. The van der Waals surface area contributed by atoms with Gasteiger partial charge in [-0.25, -0.2) is 8.42 Å². The third-order valence-electron chi connectivity index (χ3n) is 4.50. The number of aromatic amines is 1. The van der Waals surface area contributed by atoms with Crippen LogP contribution in [0.3, 0.4) is 0 Å². The highest BCUT2D eigenvalue weighted by atomic mass is 32.2. The van der Waals surface area contributed by atoms with E-state index in [0.29, 0.717) is 4.90 Å². The number of benzene rings is 2. The second-order valence-electron chi connectivity index (χ2n) is 6.50. The zero-order valence-electron chi connectivity index (χ0n) is 13.8. The van der Waals surface area contributed by atoms with E-state index in [-0.39, 0.29) is 0 Å². The van der Waals surface area contributed by atoms with E-state index < -0.39 is 14.6 Å². The molecular weight excluding hydrogens is 306 g/mol. The molecule has 0 amide bonds. The summed E-state index contributed by atoms with van der Waals surface area (Å²) in [5.41, 5.74) is 3.75. The maximum absolute atomic E-state index is 13.2. The van der Waals surface area contributed by atoms with Gasteiger partial charge in [0.1, 0.15) is 0 Å². The third kappa shape index (κ3) is 2.38. The monoisotopic (exact) mass is 327 g/mol. The Kier molecular flexibility index (Phi) is 3.60. The molecule has 3 aromatic rings. The molecule has 0 radical (unpaired) electrons. The van der Waals surface area contributed by atoms with Gasteiger partial charge in [0, 0.05) is 22.2 Å². The van der Waals surface area contributed by atoms with E-state index in [0.717, 1.165) is 27.7 Å². The minimum Gasteiger partial charge on any atom is -0.358 e. The molecule has 1 N–H and O–H groups in total. The zero-order chi connectivity index (χ0) is 16.8. The van der Waals surface area contributed by atoms with Crippen molar-refractivity contribution in [2.45, 2.75) is 37.3 Å². The van der Waals surface area contributed by atoms with Crippen LogP contribution in [0.15, 0.2) is 53.4 Å².